The highest BCUT2D eigenvalue weighted by Gasteiger charge is 2.23. The van der Waals surface area contributed by atoms with Crippen molar-refractivity contribution in [3.63, 3.8) is 0 Å². The van der Waals surface area contributed by atoms with Gasteiger partial charge in [0.25, 0.3) is 0 Å². The smallest absolute Gasteiger partial charge is 0.0234 e. The van der Waals surface area contributed by atoms with Gasteiger partial charge < -0.3 is 5.32 Å². The first kappa shape index (κ1) is 14.5. The second-order valence-electron chi connectivity index (χ2n) is 6.21. The van der Waals surface area contributed by atoms with E-state index < -0.39 is 0 Å². The van der Waals surface area contributed by atoms with Gasteiger partial charge in [-0.05, 0) is 58.7 Å². The van der Waals surface area contributed by atoms with Crippen LogP contribution in [-0.4, -0.2) is 31.1 Å². The van der Waals surface area contributed by atoms with Crippen LogP contribution in [0.4, 0.5) is 0 Å². The molecule has 1 heterocycles. The Morgan fingerprint density at radius 3 is 2.58 bits per heavy atom. The minimum atomic E-state index is 0.627. The molecule has 0 amide bonds. The van der Waals surface area contributed by atoms with E-state index in [9.17, 15) is 0 Å². The van der Waals surface area contributed by atoms with Gasteiger partial charge in [-0.25, -0.2) is 0 Å². The minimum Gasteiger partial charge on any atom is -0.317 e. The molecule has 1 aliphatic rings. The van der Waals surface area contributed by atoms with Gasteiger partial charge in [-0.3, -0.25) is 4.90 Å². The van der Waals surface area contributed by atoms with E-state index in [1.807, 2.05) is 0 Å². The number of nitrogens with zero attached hydrogens (tertiary/aromatic N) is 1. The lowest BCUT2D eigenvalue weighted by Crippen LogP contribution is -2.43. The summed E-state index contributed by atoms with van der Waals surface area (Å²) in [4.78, 5) is 2.62. The fourth-order valence-corrected chi connectivity index (χ4v) is 3.30. The summed E-state index contributed by atoms with van der Waals surface area (Å²) in [6, 6.07) is 7.55. The third-order valence-corrected chi connectivity index (χ3v) is 4.39. The Bertz CT molecular complexity index is 393. The molecule has 0 saturated carbocycles. The van der Waals surface area contributed by atoms with Crippen LogP contribution in [0.2, 0.25) is 0 Å². The van der Waals surface area contributed by atoms with Crippen molar-refractivity contribution in [2.24, 2.45) is 5.92 Å². The standard InChI is InChI=1S/C17H28N2/c1-13-8-14(2)10-16(9-13)11-19-7-5-6-17(12-19)15(3)18-4/h8-10,15,17-18H,5-7,11-12H2,1-4H3. The maximum absolute atomic E-state index is 3.41. The highest BCUT2D eigenvalue weighted by atomic mass is 15.1. The van der Waals surface area contributed by atoms with Crippen LogP contribution < -0.4 is 5.32 Å². The van der Waals surface area contributed by atoms with E-state index in [1.165, 1.54) is 42.6 Å². The van der Waals surface area contributed by atoms with Crippen molar-refractivity contribution in [1.82, 2.24) is 10.2 Å². The van der Waals surface area contributed by atoms with Crippen molar-refractivity contribution >= 4 is 0 Å². The predicted octanol–water partition coefficient (Wildman–Crippen LogP) is 3.12. The van der Waals surface area contributed by atoms with Crippen molar-refractivity contribution in [1.29, 1.82) is 0 Å². The molecule has 1 aromatic rings. The second-order valence-corrected chi connectivity index (χ2v) is 6.21. The van der Waals surface area contributed by atoms with Crippen LogP contribution in [0.5, 0.6) is 0 Å². The Hall–Kier alpha value is -0.860. The van der Waals surface area contributed by atoms with Crippen molar-refractivity contribution in [2.45, 2.75) is 46.2 Å². The molecule has 0 aromatic heterocycles. The summed E-state index contributed by atoms with van der Waals surface area (Å²) in [7, 11) is 2.08. The van der Waals surface area contributed by atoms with E-state index in [2.05, 4.69) is 56.2 Å². The highest BCUT2D eigenvalue weighted by molar-refractivity contribution is 5.28. The van der Waals surface area contributed by atoms with Crippen LogP contribution in [0.25, 0.3) is 0 Å². The van der Waals surface area contributed by atoms with Crippen LogP contribution in [0.1, 0.15) is 36.5 Å². The summed E-state index contributed by atoms with van der Waals surface area (Å²) in [5.41, 5.74) is 4.23. The SMILES string of the molecule is CNC(C)C1CCCN(Cc2cc(C)cc(C)c2)C1. The van der Waals surface area contributed by atoms with E-state index in [4.69, 9.17) is 0 Å². The molecule has 0 bridgehead atoms. The van der Waals surface area contributed by atoms with Gasteiger partial charge in [-0.15, -0.1) is 0 Å². The van der Waals surface area contributed by atoms with Crippen LogP contribution in [-0.2, 0) is 6.54 Å². The summed E-state index contributed by atoms with van der Waals surface area (Å²) in [6.07, 6.45) is 2.70. The summed E-state index contributed by atoms with van der Waals surface area (Å²) in [5, 5.41) is 3.41. The van der Waals surface area contributed by atoms with E-state index in [-0.39, 0.29) is 0 Å². The second kappa shape index (κ2) is 6.53. The number of benzene rings is 1. The number of piperidine rings is 1. The van der Waals surface area contributed by atoms with Crippen molar-refractivity contribution in [2.75, 3.05) is 20.1 Å². The van der Waals surface area contributed by atoms with E-state index >= 15 is 0 Å². The first-order valence-corrected chi connectivity index (χ1v) is 7.55. The fraction of sp³-hybridized carbons (Fsp3) is 0.647. The third-order valence-electron chi connectivity index (χ3n) is 4.39. The molecule has 0 spiro atoms. The molecular weight excluding hydrogens is 232 g/mol. The molecule has 2 atom stereocenters. The lowest BCUT2D eigenvalue weighted by molar-refractivity contribution is 0.147. The van der Waals surface area contributed by atoms with Crippen molar-refractivity contribution in [3.05, 3.63) is 34.9 Å². The van der Waals surface area contributed by atoms with Gasteiger partial charge in [0.05, 0.1) is 0 Å². The molecule has 2 nitrogen and oxygen atoms in total. The zero-order chi connectivity index (χ0) is 13.8. The monoisotopic (exact) mass is 260 g/mol. The summed E-state index contributed by atoms with van der Waals surface area (Å²) >= 11 is 0. The molecule has 2 unspecified atom stereocenters. The van der Waals surface area contributed by atoms with E-state index in [0.29, 0.717) is 6.04 Å². The predicted molar refractivity (Wildman–Crippen MR) is 82.4 cm³/mol. The quantitative estimate of drug-likeness (QED) is 0.895. The van der Waals surface area contributed by atoms with Gasteiger partial charge in [0.15, 0.2) is 0 Å². The largest absolute Gasteiger partial charge is 0.317 e. The Kier molecular flexibility index (Phi) is 5.00. The molecule has 0 radical (unpaired) electrons. The van der Waals surface area contributed by atoms with Gasteiger partial charge in [-0.2, -0.15) is 0 Å². The summed E-state index contributed by atoms with van der Waals surface area (Å²) in [6.45, 7) is 10.3. The molecule has 106 valence electrons. The van der Waals surface area contributed by atoms with Crippen LogP contribution >= 0.6 is 0 Å². The van der Waals surface area contributed by atoms with E-state index in [1.54, 1.807) is 0 Å². The number of likely N-dealkylation sites (tertiary alicyclic amines) is 1. The minimum absolute atomic E-state index is 0.627. The lowest BCUT2D eigenvalue weighted by Gasteiger charge is -2.35. The van der Waals surface area contributed by atoms with Crippen LogP contribution in [0, 0.1) is 19.8 Å². The molecule has 19 heavy (non-hydrogen) atoms. The molecule has 2 rings (SSSR count). The number of nitrogens with one attached hydrogen (secondary N) is 1. The first-order chi connectivity index (χ1) is 9.08. The van der Waals surface area contributed by atoms with E-state index in [0.717, 1.165) is 12.5 Å². The molecule has 1 aromatic carbocycles. The summed E-state index contributed by atoms with van der Waals surface area (Å²) < 4.78 is 0. The fourth-order valence-electron chi connectivity index (χ4n) is 3.30. The molecule has 1 N–H and O–H groups in total. The topological polar surface area (TPSA) is 15.3 Å². The average molecular weight is 260 g/mol. The zero-order valence-electron chi connectivity index (χ0n) is 12.9. The number of hydrogen-bond donors (Lipinski definition) is 1. The molecular formula is C17H28N2. The maximum Gasteiger partial charge on any atom is 0.0234 e. The van der Waals surface area contributed by atoms with Crippen LogP contribution in [0.3, 0.4) is 0 Å². The molecule has 1 fully saturated rings. The van der Waals surface area contributed by atoms with Gasteiger partial charge >= 0.3 is 0 Å². The Balaban J connectivity index is 1.98. The molecule has 1 aliphatic heterocycles. The lowest BCUT2D eigenvalue weighted by atomic mass is 9.91. The Labute approximate surface area is 118 Å². The van der Waals surface area contributed by atoms with Gasteiger partial charge in [0.1, 0.15) is 0 Å². The highest BCUT2D eigenvalue weighted by Crippen LogP contribution is 2.21. The third kappa shape index (κ3) is 4.05. The average Bonchev–Trinajstić information content (AvgIpc) is 2.37. The van der Waals surface area contributed by atoms with Crippen LogP contribution in [0.15, 0.2) is 18.2 Å². The number of rotatable bonds is 4. The number of hydrogen-bond acceptors (Lipinski definition) is 2. The maximum atomic E-state index is 3.41. The summed E-state index contributed by atoms with van der Waals surface area (Å²) in [5.74, 6) is 0.796. The molecule has 0 aliphatic carbocycles. The molecule has 1 saturated heterocycles. The zero-order valence-corrected chi connectivity index (χ0v) is 12.9. The number of aryl methyl sites for hydroxylation is 2. The van der Waals surface area contributed by atoms with Gasteiger partial charge in [-0.1, -0.05) is 29.3 Å². The van der Waals surface area contributed by atoms with Crippen molar-refractivity contribution in [3.8, 4) is 0 Å². The molecule has 2 heteroatoms. The normalized spacial score (nSPS) is 22.4. The Morgan fingerprint density at radius 2 is 1.95 bits per heavy atom. The van der Waals surface area contributed by atoms with Gasteiger partial charge in [0.2, 0.25) is 0 Å². The van der Waals surface area contributed by atoms with Crippen molar-refractivity contribution < 1.29 is 0 Å². The van der Waals surface area contributed by atoms with Gasteiger partial charge in [0, 0.05) is 19.1 Å². The first-order valence-electron chi connectivity index (χ1n) is 7.55. The Morgan fingerprint density at radius 1 is 1.26 bits per heavy atom.